The minimum atomic E-state index is 0. The summed E-state index contributed by atoms with van der Waals surface area (Å²) < 4.78 is 0. The summed E-state index contributed by atoms with van der Waals surface area (Å²) >= 11 is 0. The van der Waals surface area contributed by atoms with Crippen molar-refractivity contribution in [1.29, 1.82) is 0 Å². The summed E-state index contributed by atoms with van der Waals surface area (Å²) in [5.74, 6) is 0.0888. The number of nitrogens with two attached hydrogens (primary N) is 1. The van der Waals surface area contributed by atoms with Gasteiger partial charge in [0.05, 0.1) is 0 Å². The van der Waals surface area contributed by atoms with Gasteiger partial charge in [-0.1, -0.05) is 43.5 Å². The second-order valence-electron chi connectivity index (χ2n) is 6.64. The maximum Gasteiger partial charge on any atom is 0.220 e. The van der Waals surface area contributed by atoms with Crippen LogP contribution in [0.25, 0.3) is 0 Å². The molecule has 2 rings (SSSR count). The first-order valence-electron chi connectivity index (χ1n) is 8.94. The van der Waals surface area contributed by atoms with Gasteiger partial charge in [0.2, 0.25) is 5.91 Å². The first-order valence-corrected chi connectivity index (χ1v) is 8.94. The van der Waals surface area contributed by atoms with Crippen molar-refractivity contribution >= 4 is 30.7 Å². The third kappa shape index (κ3) is 8.41. The second kappa shape index (κ2) is 13.4. The van der Waals surface area contributed by atoms with Crippen LogP contribution in [0.5, 0.6) is 0 Å². The van der Waals surface area contributed by atoms with Crippen LogP contribution in [0.4, 0.5) is 0 Å². The van der Waals surface area contributed by atoms with Crippen LogP contribution in [0.15, 0.2) is 24.3 Å². The molecule has 0 aromatic heterocycles. The van der Waals surface area contributed by atoms with E-state index in [1.807, 2.05) is 6.07 Å². The van der Waals surface area contributed by atoms with Gasteiger partial charge in [0, 0.05) is 25.6 Å². The highest BCUT2D eigenvalue weighted by Gasteiger charge is 2.18. The second-order valence-corrected chi connectivity index (χ2v) is 6.64. The molecular weight excluding hydrogens is 357 g/mol. The number of hydrogen-bond acceptors (Lipinski definition) is 3. The average Bonchev–Trinajstić information content (AvgIpc) is 2.60. The van der Waals surface area contributed by atoms with Gasteiger partial charge in [-0.3, -0.25) is 9.69 Å². The van der Waals surface area contributed by atoms with Crippen LogP contribution in [0.3, 0.4) is 0 Å². The van der Waals surface area contributed by atoms with E-state index in [2.05, 4.69) is 35.5 Å². The van der Waals surface area contributed by atoms with Crippen LogP contribution in [-0.2, 0) is 17.9 Å². The van der Waals surface area contributed by atoms with E-state index in [-0.39, 0.29) is 30.7 Å². The highest BCUT2D eigenvalue weighted by atomic mass is 35.5. The molecule has 0 spiro atoms. The minimum Gasteiger partial charge on any atom is -0.352 e. The first-order chi connectivity index (χ1) is 11.2. The summed E-state index contributed by atoms with van der Waals surface area (Å²) in [6.07, 6.45) is 7.99. The smallest absolute Gasteiger partial charge is 0.220 e. The van der Waals surface area contributed by atoms with Crippen LogP contribution in [0, 0.1) is 0 Å². The van der Waals surface area contributed by atoms with E-state index in [1.54, 1.807) is 0 Å². The van der Waals surface area contributed by atoms with Crippen molar-refractivity contribution in [3.63, 3.8) is 0 Å². The van der Waals surface area contributed by atoms with Crippen molar-refractivity contribution in [1.82, 2.24) is 10.2 Å². The van der Waals surface area contributed by atoms with Gasteiger partial charge in [-0.25, -0.2) is 0 Å². The van der Waals surface area contributed by atoms with E-state index >= 15 is 0 Å². The van der Waals surface area contributed by atoms with E-state index in [9.17, 15) is 4.79 Å². The Balaban J connectivity index is 0.00000288. The summed E-state index contributed by atoms with van der Waals surface area (Å²) in [5, 5.41) is 3.01. The number of carbonyl (C=O) groups excluding carboxylic acids is 1. The highest BCUT2D eigenvalue weighted by Crippen LogP contribution is 2.23. The normalized spacial score (nSPS) is 14.5. The number of nitrogens with one attached hydrogen (secondary N) is 1. The van der Waals surface area contributed by atoms with Gasteiger partial charge in [0.1, 0.15) is 0 Å². The van der Waals surface area contributed by atoms with Crippen LogP contribution in [0.1, 0.15) is 56.1 Å². The maximum atomic E-state index is 11.8. The Kier molecular flexibility index (Phi) is 13.0. The van der Waals surface area contributed by atoms with Gasteiger partial charge in [-0.2, -0.15) is 0 Å². The summed E-state index contributed by atoms with van der Waals surface area (Å²) in [6, 6.07) is 9.14. The first kappa shape index (κ1) is 24.2. The fourth-order valence-corrected chi connectivity index (χ4v) is 3.35. The highest BCUT2D eigenvalue weighted by molar-refractivity contribution is 5.85. The number of amides is 1. The Morgan fingerprint density at radius 2 is 1.80 bits per heavy atom. The molecule has 0 unspecified atom stereocenters. The average molecular weight is 390 g/mol. The molecule has 25 heavy (non-hydrogen) atoms. The monoisotopic (exact) mass is 389 g/mol. The molecule has 144 valence electrons. The van der Waals surface area contributed by atoms with Crippen LogP contribution in [-0.4, -0.2) is 30.4 Å². The van der Waals surface area contributed by atoms with E-state index in [4.69, 9.17) is 5.73 Å². The quantitative estimate of drug-likeness (QED) is 0.712. The SMILES string of the molecule is CN(Cc1ccccc1CNC(=O)CCCN)C1CCCCC1.Cl.Cl. The summed E-state index contributed by atoms with van der Waals surface area (Å²) in [5.41, 5.74) is 7.99. The Bertz CT molecular complexity index is 493. The van der Waals surface area contributed by atoms with Crippen molar-refractivity contribution in [3.8, 4) is 0 Å². The van der Waals surface area contributed by atoms with Crippen molar-refractivity contribution in [2.75, 3.05) is 13.6 Å². The zero-order valence-electron chi connectivity index (χ0n) is 15.2. The van der Waals surface area contributed by atoms with E-state index in [0.29, 0.717) is 25.6 Å². The van der Waals surface area contributed by atoms with Crippen LogP contribution < -0.4 is 11.1 Å². The molecule has 1 saturated carbocycles. The molecule has 1 aromatic carbocycles. The molecule has 0 radical (unpaired) electrons. The molecule has 0 heterocycles. The zero-order valence-corrected chi connectivity index (χ0v) is 16.8. The maximum absolute atomic E-state index is 11.8. The lowest BCUT2D eigenvalue weighted by molar-refractivity contribution is -0.121. The van der Waals surface area contributed by atoms with E-state index in [1.165, 1.54) is 43.2 Å². The Morgan fingerprint density at radius 1 is 1.16 bits per heavy atom. The number of halogens is 2. The fraction of sp³-hybridized carbons (Fsp3) is 0.632. The summed E-state index contributed by atoms with van der Waals surface area (Å²) in [6.45, 7) is 2.13. The number of nitrogens with zero attached hydrogens (tertiary/aromatic N) is 1. The van der Waals surface area contributed by atoms with Gasteiger partial charge >= 0.3 is 0 Å². The minimum absolute atomic E-state index is 0. The Hall–Kier alpha value is -0.810. The van der Waals surface area contributed by atoms with Crippen molar-refractivity contribution in [2.45, 2.75) is 64.1 Å². The van der Waals surface area contributed by atoms with E-state index < -0.39 is 0 Å². The lowest BCUT2D eigenvalue weighted by atomic mass is 9.94. The zero-order chi connectivity index (χ0) is 16.5. The number of rotatable bonds is 8. The van der Waals surface area contributed by atoms with Gasteiger partial charge in [-0.05, 0) is 44.0 Å². The number of hydrogen-bond donors (Lipinski definition) is 2. The third-order valence-corrected chi connectivity index (χ3v) is 4.82. The molecule has 0 bridgehead atoms. The third-order valence-electron chi connectivity index (χ3n) is 4.82. The van der Waals surface area contributed by atoms with Crippen molar-refractivity contribution in [3.05, 3.63) is 35.4 Å². The lowest BCUT2D eigenvalue weighted by Gasteiger charge is -2.31. The van der Waals surface area contributed by atoms with Gasteiger partial charge < -0.3 is 11.1 Å². The molecule has 1 aromatic rings. The molecule has 1 aliphatic carbocycles. The topological polar surface area (TPSA) is 58.4 Å². The Labute approximate surface area is 164 Å². The number of carbonyl (C=O) groups is 1. The Morgan fingerprint density at radius 3 is 2.44 bits per heavy atom. The molecule has 0 saturated heterocycles. The molecule has 6 heteroatoms. The molecule has 4 nitrogen and oxygen atoms in total. The molecule has 0 atom stereocenters. The molecule has 3 N–H and O–H groups in total. The molecule has 0 aliphatic heterocycles. The summed E-state index contributed by atoms with van der Waals surface area (Å²) in [4.78, 5) is 14.3. The van der Waals surface area contributed by atoms with Crippen molar-refractivity contribution < 1.29 is 4.79 Å². The predicted molar refractivity (Wildman–Crippen MR) is 109 cm³/mol. The molecular formula is C19H33Cl2N3O. The van der Waals surface area contributed by atoms with E-state index in [0.717, 1.165) is 13.0 Å². The van der Waals surface area contributed by atoms with Gasteiger partial charge in [0.25, 0.3) is 0 Å². The number of benzene rings is 1. The van der Waals surface area contributed by atoms with Gasteiger partial charge in [-0.15, -0.1) is 24.8 Å². The van der Waals surface area contributed by atoms with Crippen LogP contribution >= 0.6 is 24.8 Å². The molecule has 1 aliphatic rings. The summed E-state index contributed by atoms with van der Waals surface area (Å²) in [7, 11) is 2.23. The predicted octanol–water partition coefficient (Wildman–Crippen LogP) is 3.65. The standard InChI is InChI=1S/C19H31N3O.2ClH/c1-22(18-10-3-2-4-11-18)15-17-9-6-5-8-16(17)14-21-19(23)12-7-13-20;;/h5-6,8-9,18H,2-4,7,10-15,20H2,1H3,(H,21,23);2*1H. The van der Waals surface area contributed by atoms with Gasteiger partial charge in [0.15, 0.2) is 0 Å². The molecule has 1 amide bonds. The fourth-order valence-electron chi connectivity index (χ4n) is 3.35. The largest absolute Gasteiger partial charge is 0.352 e. The van der Waals surface area contributed by atoms with Crippen LogP contribution in [0.2, 0.25) is 0 Å². The lowest BCUT2D eigenvalue weighted by Crippen LogP contribution is -2.33. The molecule has 1 fully saturated rings. The van der Waals surface area contributed by atoms with Crippen molar-refractivity contribution in [2.24, 2.45) is 5.73 Å².